The molecule has 0 N–H and O–H groups in total. The highest BCUT2D eigenvalue weighted by atomic mass is 35.5. The van der Waals surface area contributed by atoms with E-state index in [1.807, 2.05) is 47.1 Å². The number of rotatable bonds is 6. The second kappa shape index (κ2) is 8.05. The maximum absolute atomic E-state index is 12.4. The fourth-order valence-electron chi connectivity index (χ4n) is 2.86. The van der Waals surface area contributed by atoms with Crippen LogP contribution in [0.25, 0.3) is 5.69 Å². The Kier molecular flexibility index (Phi) is 5.76. The van der Waals surface area contributed by atoms with Crippen molar-refractivity contribution in [3.05, 3.63) is 76.8 Å². The molecule has 3 aromatic rings. The number of carbonyl (C=O) groups is 1. The monoisotopic (exact) mass is 381 g/mol. The van der Waals surface area contributed by atoms with Crippen molar-refractivity contribution < 1.29 is 4.79 Å². The van der Waals surface area contributed by atoms with Crippen molar-refractivity contribution in [1.29, 1.82) is 0 Å². The predicted molar refractivity (Wildman–Crippen MR) is 109 cm³/mol. The summed E-state index contributed by atoms with van der Waals surface area (Å²) in [6, 6.07) is 15.3. The number of halogens is 1. The molecule has 27 heavy (non-hydrogen) atoms. The van der Waals surface area contributed by atoms with E-state index in [1.165, 1.54) is 0 Å². The van der Waals surface area contributed by atoms with Crippen molar-refractivity contribution in [2.75, 3.05) is 0 Å². The van der Waals surface area contributed by atoms with Crippen molar-refractivity contribution in [2.45, 2.75) is 45.4 Å². The summed E-state index contributed by atoms with van der Waals surface area (Å²) in [7, 11) is 0. The van der Waals surface area contributed by atoms with Crippen LogP contribution in [0, 0.1) is 0 Å². The molecule has 3 rings (SSSR count). The third-order valence-corrected chi connectivity index (χ3v) is 4.60. The molecule has 0 fully saturated rings. The van der Waals surface area contributed by atoms with Gasteiger partial charge in [-0.25, -0.2) is 4.68 Å². The number of Topliss-reactive ketones (excluding diaryl/α,β-unsaturated/α-hetero) is 1. The quantitative estimate of drug-likeness (QED) is 0.606. The number of benzene rings is 1. The number of aromatic nitrogens is 3. The standard InChI is InChI=1S/C22H24ClN3O/c1-22(2,3)21-15-19(26(25-21)18-9-6-7-16(23)13-18)10-11-20(27)14-17-8-4-5-12-24-17/h4-9,12-13,15H,10-11,14H2,1-3H3. The van der Waals surface area contributed by atoms with Crippen LogP contribution in [-0.2, 0) is 23.1 Å². The third-order valence-electron chi connectivity index (χ3n) is 4.37. The molecule has 1 aromatic carbocycles. The lowest BCUT2D eigenvalue weighted by Gasteiger charge is -2.14. The van der Waals surface area contributed by atoms with E-state index in [1.54, 1.807) is 6.20 Å². The van der Waals surface area contributed by atoms with Gasteiger partial charge in [-0.2, -0.15) is 5.10 Å². The first-order chi connectivity index (χ1) is 12.8. The molecule has 0 aliphatic rings. The zero-order valence-corrected chi connectivity index (χ0v) is 16.7. The zero-order chi connectivity index (χ0) is 19.4. The topological polar surface area (TPSA) is 47.8 Å². The van der Waals surface area contributed by atoms with Gasteiger partial charge in [0.15, 0.2) is 0 Å². The van der Waals surface area contributed by atoms with Crippen LogP contribution in [0.1, 0.15) is 44.3 Å². The smallest absolute Gasteiger partial charge is 0.139 e. The van der Waals surface area contributed by atoms with E-state index in [0.29, 0.717) is 24.3 Å². The third kappa shape index (κ3) is 5.04. The van der Waals surface area contributed by atoms with Crippen molar-refractivity contribution >= 4 is 17.4 Å². The first-order valence-electron chi connectivity index (χ1n) is 9.10. The molecular formula is C22H24ClN3O. The molecule has 2 aromatic heterocycles. The summed E-state index contributed by atoms with van der Waals surface area (Å²) in [5, 5.41) is 5.45. The van der Waals surface area contributed by atoms with Gasteiger partial charge in [0.05, 0.1) is 11.4 Å². The van der Waals surface area contributed by atoms with Gasteiger partial charge in [0.1, 0.15) is 5.78 Å². The predicted octanol–water partition coefficient (Wildman–Crippen LogP) is 4.96. The highest BCUT2D eigenvalue weighted by Gasteiger charge is 2.21. The van der Waals surface area contributed by atoms with Gasteiger partial charge in [-0.1, -0.05) is 44.5 Å². The first kappa shape index (κ1) is 19.3. The van der Waals surface area contributed by atoms with Crippen LogP contribution in [0.4, 0.5) is 0 Å². The summed E-state index contributed by atoms with van der Waals surface area (Å²) in [4.78, 5) is 16.6. The van der Waals surface area contributed by atoms with Gasteiger partial charge in [0.2, 0.25) is 0 Å². The molecule has 0 spiro atoms. The van der Waals surface area contributed by atoms with Gasteiger partial charge in [-0.3, -0.25) is 9.78 Å². The SMILES string of the molecule is CC(C)(C)c1cc(CCC(=O)Cc2ccccn2)n(-c2cccc(Cl)c2)n1. The van der Waals surface area contributed by atoms with Gasteiger partial charge in [0.25, 0.3) is 0 Å². The van der Waals surface area contributed by atoms with E-state index in [4.69, 9.17) is 16.7 Å². The lowest BCUT2D eigenvalue weighted by Crippen LogP contribution is -2.12. The van der Waals surface area contributed by atoms with Crippen LogP contribution in [0.2, 0.25) is 5.02 Å². The summed E-state index contributed by atoms with van der Waals surface area (Å²) >= 11 is 6.16. The van der Waals surface area contributed by atoms with Crippen LogP contribution < -0.4 is 0 Å². The van der Waals surface area contributed by atoms with Gasteiger partial charge >= 0.3 is 0 Å². The highest BCUT2D eigenvalue weighted by Crippen LogP contribution is 2.25. The second-order valence-corrected chi connectivity index (χ2v) is 8.14. The molecule has 140 valence electrons. The Morgan fingerprint density at radius 2 is 1.93 bits per heavy atom. The Bertz CT molecular complexity index is 926. The first-order valence-corrected chi connectivity index (χ1v) is 9.48. The summed E-state index contributed by atoms with van der Waals surface area (Å²) in [6.07, 6.45) is 3.15. The Labute approximate surface area is 165 Å². The van der Waals surface area contributed by atoms with Gasteiger partial charge in [-0.05, 0) is 42.8 Å². The molecule has 0 unspecified atom stereocenters. The van der Waals surface area contributed by atoms with Crippen LogP contribution in [-0.4, -0.2) is 20.5 Å². The van der Waals surface area contributed by atoms with Crippen molar-refractivity contribution in [1.82, 2.24) is 14.8 Å². The number of aryl methyl sites for hydroxylation is 1. The Morgan fingerprint density at radius 1 is 1.11 bits per heavy atom. The summed E-state index contributed by atoms with van der Waals surface area (Å²) in [5.41, 5.74) is 3.65. The van der Waals surface area contributed by atoms with Gasteiger partial charge < -0.3 is 0 Å². The van der Waals surface area contributed by atoms with Crippen LogP contribution in [0.15, 0.2) is 54.7 Å². The summed E-state index contributed by atoms with van der Waals surface area (Å²) in [5.74, 6) is 0.171. The van der Waals surface area contributed by atoms with Gasteiger partial charge in [0, 0.05) is 40.9 Å². The molecule has 0 radical (unpaired) electrons. The van der Waals surface area contributed by atoms with E-state index in [-0.39, 0.29) is 11.2 Å². The normalized spacial score (nSPS) is 11.6. The molecule has 0 atom stereocenters. The van der Waals surface area contributed by atoms with E-state index < -0.39 is 0 Å². The molecule has 0 aliphatic heterocycles. The Hall–Kier alpha value is -2.46. The number of ketones is 1. The van der Waals surface area contributed by atoms with E-state index >= 15 is 0 Å². The summed E-state index contributed by atoms with van der Waals surface area (Å²) < 4.78 is 1.90. The minimum absolute atomic E-state index is 0.0729. The number of hydrogen-bond donors (Lipinski definition) is 0. The van der Waals surface area contributed by atoms with Gasteiger partial charge in [-0.15, -0.1) is 0 Å². The van der Waals surface area contributed by atoms with Crippen molar-refractivity contribution in [2.24, 2.45) is 0 Å². The lowest BCUT2D eigenvalue weighted by molar-refractivity contribution is -0.118. The number of carbonyl (C=O) groups excluding carboxylic acids is 1. The van der Waals surface area contributed by atoms with Crippen LogP contribution >= 0.6 is 11.6 Å². The highest BCUT2D eigenvalue weighted by molar-refractivity contribution is 6.30. The molecule has 2 heterocycles. The molecule has 5 heteroatoms. The average Bonchev–Trinajstić information content (AvgIpc) is 3.05. The Morgan fingerprint density at radius 3 is 2.59 bits per heavy atom. The van der Waals surface area contributed by atoms with Crippen molar-refractivity contribution in [3.8, 4) is 5.69 Å². The molecule has 0 amide bonds. The number of hydrogen-bond acceptors (Lipinski definition) is 3. The minimum atomic E-state index is -0.0729. The summed E-state index contributed by atoms with van der Waals surface area (Å²) in [6.45, 7) is 6.40. The van der Waals surface area contributed by atoms with Crippen molar-refractivity contribution in [3.63, 3.8) is 0 Å². The van der Waals surface area contributed by atoms with E-state index in [9.17, 15) is 4.79 Å². The molecular weight excluding hydrogens is 358 g/mol. The molecule has 0 aliphatic carbocycles. The number of pyridine rings is 1. The molecule has 0 bridgehead atoms. The largest absolute Gasteiger partial charge is 0.299 e. The maximum Gasteiger partial charge on any atom is 0.139 e. The number of nitrogens with zero attached hydrogens (tertiary/aromatic N) is 3. The zero-order valence-electron chi connectivity index (χ0n) is 15.9. The molecule has 4 nitrogen and oxygen atoms in total. The lowest BCUT2D eigenvalue weighted by atomic mass is 9.92. The van der Waals surface area contributed by atoms with E-state index in [2.05, 4.69) is 31.8 Å². The molecule has 0 saturated carbocycles. The minimum Gasteiger partial charge on any atom is -0.299 e. The molecule has 0 saturated heterocycles. The van der Waals surface area contributed by atoms with E-state index in [0.717, 1.165) is 22.8 Å². The van der Waals surface area contributed by atoms with Crippen LogP contribution in [0.5, 0.6) is 0 Å². The van der Waals surface area contributed by atoms with Crippen LogP contribution in [0.3, 0.4) is 0 Å². The average molecular weight is 382 g/mol. The fourth-order valence-corrected chi connectivity index (χ4v) is 3.04. The Balaban J connectivity index is 1.81. The second-order valence-electron chi connectivity index (χ2n) is 7.70. The fraction of sp³-hybridized carbons (Fsp3) is 0.318. The maximum atomic E-state index is 12.4.